The molecule has 0 amide bonds. The molecule has 2 heteroatoms. The summed E-state index contributed by atoms with van der Waals surface area (Å²) >= 11 is -1.46. The van der Waals surface area contributed by atoms with Crippen molar-refractivity contribution in [2.75, 3.05) is 0 Å². The Morgan fingerprint density at radius 3 is 2.73 bits per heavy atom. The molecule has 0 heterocycles. The van der Waals surface area contributed by atoms with Crippen LogP contribution in [-0.4, -0.2) is 21.1 Å². The zero-order chi connectivity index (χ0) is 8.10. The Balaban J connectivity index is 2.92. The summed E-state index contributed by atoms with van der Waals surface area (Å²) in [6.07, 6.45) is 2.20. The van der Waals surface area contributed by atoms with Crippen LogP contribution in [0.2, 0.25) is 0 Å². The zero-order valence-corrected chi connectivity index (χ0v) is 9.49. The van der Waals surface area contributed by atoms with Crippen LogP contribution in [0.15, 0.2) is 24.3 Å². The first kappa shape index (κ1) is 8.91. The monoisotopic (exact) mass is 255 g/mol. The summed E-state index contributed by atoms with van der Waals surface area (Å²) in [6, 6.07) is 8.05. The first-order valence-corrected chi connectivity index (χ1v) is 6.43. The van der Waals surface area contributed by atoms with Gasteiger partial charge in [0.2, 0.25) is 0 Å². The number of aryl methyl sites for hydroxylation is 1. The van der Waals surface area contributed by atoms with Gasteiger partial charge in [-0.2, -0.15) is 0 Å². The van der Waals surface area contributed by atoms with E-state index in [9.17, 15) is 3.08 Å². The molecule has 0 aromatic heterocycles. The van der Waals surface area contributed by atoms with Gasteiger partial charge in [0.05, 0.1) is 0 Å². The first-order chi connectivity index (χ1) is 5.38. The molecule has 1 nitrogen and oxygen atoms in total. The summed E-state index contributed by atoms with van der Waals surface area (Å²) in [5.74, 6) is 0. The van der Waals surface area contributed by atoms with Crippen molar-refractivity contribution < 1.29 is 3.08 Å². The van der Waals surface area contributed by atoms with E-state index < -0.39 is 21.1 Å². The molecule has 0 aliphatic carbocycles. The molecule has 57 valence electrons. The Kier molecular flexibility index (Phi) is 3.76. The van der Waals surface area contributed by atoms with Crippen LogP contribution in [0.25, 0.3) is 0 Å². The van der Waals surface area contributed by atoms with Gasteiger partial charge in [0.1, 0.15) is 0 Å². The van der Waals surface area contributed by atoms with E-state index in [4.69, 9.17) is 0 Å². The molecule has 0 saturated carbocycles. The van der Waals surface area contributed by atoms with Crippen LogP contribution in [0.3, 0.4) is 0 Å². The molecule has 11 heavy (non-hydrogen) atoms. The molecule has 0 aliphatic heterocycles. The van der Waals surface area contributed by atoms with Gasteiger partial charge in [0, 0.05) is 0 Å². The normalized spacial score (nSPS) is 9.55. The Hall–Kier alpha value is -0.181. The van der Waals surface area contributed by atoms with Crippen LogP contribution in [0.5, 0.6) is 0 Å². The first-order valence-electron chi connectivity index (χ1n) is 3.84. The van der Waals surface area contributed by atoms with Crippen LogP contribution < -0.4 is 3.58 Å². The van der Waals surface area contributed by atoms with Gasteiger partial charge in [0.15, 0.2) is 0 Å². The SMILES string of the molecule is CCCc1cccc[c]1[Sn]=[O]. The molecule has 0 saturated heterocycles. The van der Waals surface area contributed by atoms with Crippen molar-refractivity contribution in [3.8, 4) is 0 Å². The fraction of sp³-hybridized carbons (Fsp3) is 0.333. The van der Waals surface area contributed by atoms with Crippen molar-refractivity contribution in [2.24, 2.45) is 0 Å². The second kappa shape index (κ2) is 4.65. The van der Waals surface area contributed by atoms with Gasteiger partial charge in [0.25, 0.3) is 0 Å². The van der Waals surface area contributed by atoms with Crippen LogP contribution >= 0.6 is 0 Å². The van der Waals surface area contributed by atoms with Crippen molar-refractivity contribution in [3.05, 3.63) is 29.8 Å². The van der Waals surface area contributed by atoms with Crippen molar-refractivity contribution in [2.45, 2.75) is 19.8 Å². The van der Waals surface area contributed by atoms with Crippen LogP contribution in [0.1, 0.15) is 18.9 Å². The van der Waals surface area contributed by atoms with Crippen LogP contribution in [0.4, 0.5) is 0 Å². The van der Waals surface area contributed by atoms with E-state index in [1.807, 2.05) is 18.2 Å². The number of hydrogen-bond acceptors (Lipinski definition) is 1. The molecule has 0 unspecified atom stereocenters. The summed E-state index contributed by atoms with van der Waals surface area (Å²) in [5.41, 5.74) is 1.29. The zero-order valence-electron chi connectivity index (χ0n) is 6.63. The number of benzene rings is 1. The molecule has 1 aromatic rings. The van der Waals surface area contributed by atoms with Crippen molar-refractivity contribution >= 4 is 24.7 Å². The molecule has 0 aliphatic rings. The van der Waals surface area contributed by atoms with Gasteiger partial charge in [-0.15, -0.1) is 0 Å². The Labute approximate surface area is 77.4 Å². The molecule has 0 N–H and O–H groups in total. The van der Waals surface area contributed by atoms with Crippen LogP contribution in [0, 0.1) is 0 Å². The maximum atomic E-state index is 10.8. The second-order valence-electron chi connectivity index (χ2n) is 2.51. The van der Waals surface area contributed by atoms with Crippen LogP contribution in [-0.2, 0) is 9.50 Å². The Morgan fingerprint density at radius 1 is 1.36 bits per heavy atom. The standard InChI is InChI=1S/C9H11.O.Sn/c1-2-6-9-7-4-3-5-8-9;;/h3-5,7H,2,6H2,1H3;;. The van der Waals surface area contributed by atoms with E-state index in [1.54, 1.807) is 0 Å². The molecule has 1 aromatic carbocycles. The van der Waals surface area contributed by atoms with Gasteiger partial charge in [-0.05, 0) is 0 Å². The summed E-state index contributed by atoms with van der Waals surface area (Å²) in [4.78, 5) is 0. The third-order valence-corrected chi connectivity index (χ3v) is 3.67. The predicted molar refractivity (Wildman–Crippen MR) is 46.5 cm³/mol. The summed E-state index contributed by atoms with van der Waals surface area (Å²) in [7, 11) is 0. The summed E-state index contributed by atoms with van der Waals surface area (Å²) in [5, 5.41) is 0. The average molecular weight is 254 g/mol. The minimum atomic E-state index is -1.46. The molecular weight excluding hydrogens is 243 g/mol. The van der Waals surface area contributed by atoms with E-state index in [1.165, 1.54) is 5.56 Å². The molecule has 0 bridgehead atoms. The average Bonchev–Trinajstić information content (AvgIpc) is 2.06. The Bertz CT molecular complexity index is 245. The van der Waals surface area contributed by atoms with Gasteiger partial charge in [-0.3, -0.25) is 0 Å². The van der Waals surface area contributed by atoms with E-state index >= 15 is 0 Å². The number of rotatable bonds is 3. The van der Waals surface area contributed by atoms with Crippen molar-refractivity contribution in [1.29, 1.82) is 0 Å². The second-order valence-corrected chi connectivity index (χ2v) is 4.63. The third-order valence-electron chi connectivity index (χ3n) is 1.65. The van der Waals surface area contributed by atoms with Crippen molar-refractivity contribution in [1.82, 2.24) is 0 Å². The third kappa shape index (κ3) is 2.40. The topological polar surface area (TPSA) is 17.1 Å². The van der Waals surface area contributed by atoms with Crippen molar-refractivity contribution in [3.63, 3.8) is 0 Å². The molecular formula is C9H11OSn. The number of hydrogen-bond donors (Lipinski definition) is 0. The maximum absolute atomic E-state index is 10.8. The van der Waals surface area contributed by atoms with E-state index in [2.05, 4.69) is 13.0 Å². The molecule has 0 fully saturated rings. The minimum absolute atomic E-state index is 1.07. The molecule has 0 spiro atoms. The van der Waals surface area contributed by atoms with E-state index in [0.717, 1.165) is 16.4 Å². The van der Waals surface area contributed by atoms with Gasteiger partial charge >= 0.3 is 77.4 Å². The van der Waals surface area contributed by atoms with Gasteiger partial charge in [-0.25, -0.2) is 0 Å². The van der Waals surface area contributed by atoms with E-state index in [0.29, 0.717) is 0 Å². The van der Waals surface area contributed by atoms with Gasteiger partial charge < -0.3 is 0 Å². The summed E-state index contributed by atoms with van der Waals surface area (Å²) in [6.45, 7) is 2.15. The fourth-order valence-electron chi connectivity index (χ4n) is 1.11. The fourth-order valence-corrected chi connectivity index (χ4v) is 2.54. The molecule has 1 rings (SSSR count). The Morgan fingerprint density at radius 2 is 2.09 bits per heavy atom. The predicted octanol–water partition coefficient (Wildman–Crippen LogP) is 1.31. The summed E-state index contributed by atoms with van der Waals surface area (Å²) < 4.78 is 11.9. The quantitative estimate of drug-likeness (QED) is 0.743. The van der Waals surface area contributed by atoms with E-state index in [-0.39, 0.29) is 0 Å². The molecule has 0 atom stereocenters. The van der Waals surface area contributed by atoms with Gasteiger partial charge in [-0.1, -0.05) is 0 Å². The molecule has 1 radical (unpaired) electrons.